The molecule has 5 nitrogen and oxygen atoms in total. The van der Waals surface area contributed by atoms with E-state index in [-0.39, 0.29) is 18.6 Å². The topological polar surface area (TPSA) is 50.8 Å². The van der Waals surface area contributed by atoms with Gasteiger partial charge in [0.15, 0.2) is 5.11 Å². The van der Waals surface area contributed by atoms with Gasteiger partial charge in [-0.05, 0) is 68.5 Å². The second kappa shape index (κ2) is 7.21. The highest BCUT2D eigenvalue weighted by Gasteiger charge is 2.59. The van der Waals surface area contributed by atoms with E-state index in [2.05, 4.69) is 21.2 Å². The third-order valence-electron chi connectivity index (χ3n) is 5.09. The third-order valence-corrected chi connectivity index (χ3v) is 6.13. The van der Waals surface area contributed by atoms with E-state index in [0.717, 1.165) is 15.7 Å². The maximum absolute atomic E-state index is 13.0. The van der Waals surface area contributed by atoms with Crippen molar-refractivity contribution in [1.29, 1.82) is 0 Å². The normalized spacial score (nSPS) is 25.4. The molecule has 0 amide bonds. The predicted molar refractivity (Wildman–Crippen MR) is 116 cm³/mol. The van der Waals surface area contributed by atoms with Crippen LogP contribution in [-0.2, 0) is 9.53 Å². The molecule has 28 heavy (non-hydrogen) atoms. The molecule has 0 saturated carbocycles. The Bertz CT molecular complexity index is 955. The first-order valence-corrected chi connectivity index (χ1v) is 10.4. The van der Waals surface area contributed by atoms with E-state index in [1.54, 1.807) is 19.1 Å². The lowest BCUT2D eigenvalue weighted by atomic mass is 9.79. The number of thiocarbonyl (C=S) groups is 1. The number of anilines is 1. The number of carbonyl (C=O) groups is 1. The summed E-state index contributed by atoms with van der Waals surface area (Å²) >= 11 is 15.2. The lowest BCUT2D eigenvalue weighted by Crippen LogP contribution is -2.71. The Kier molecular flexibility index (Phi) is 5.02. The van der Waals surface area contributed by atoms with Crippen molar-refractivity contribution >= 4 is 56.5 Å². The average molecular weight is 482 g/mol. The fraction of sp³-hybridized carbons (Fsp3) is 0.300. The van der Waals surface area contributed by atoms with Gasteiger partial charge in [-0.25, -0.2) is 0 Å². The SMILES string of the molecule is CCOC(=O)C1C2NC(=S)N(c3ccc(Cl)cc3)C1(C)Oc1ccc(Br)cc12. The summed E-state index contributed by atoms with van der Waals surface area (Å²) < 4.78 is 12.7. The van der Waals surface area contributed by atoms with E-state index in [9.17, 15) is 4.79 Å². The summed E-state index contributed by atoms with van der Waals surface area (Å²) in [5.74, 6) is -0.267. The number of fused-ring (bicyclic) bond motifs is 4. The minimum Gasteiger partial charge on any atom is -0.466 e. The molecule has 2 aliphatic heterocycles. The molecule has 3 unspecified atom stereocenters. The molecule has 0 spiro atoms. The highest BCUT2D eigenvalue weighted by Crippen LogP contribution is 2.50. The van der Waals surface area contributed by atoms with Gasteiger partial charge in [0.05, 0.1) is 12.6 Å². The van der Waals surface area contributed by atoms with Gasteiger partial charge in [0, 0.05) is 20.7 Å². The maximum Gasteiger partial charge on any atom is 0.317 e. The van der Waals surface area contributed by atoms with E-state index in [0.29, 0.717) is 15.9 Å². The Morgan fingerprint density at radius 1 is 1.36 bits per heavy atom. The van der Waals surface area contributed by atoms with Crippen LogP contribution in [0.5, 0.6) is 5.75 Å². The number of hydrogen-bond donors (Lipinski definition) is 1. The summed E-state index contributed by atoms with van der Waals surface area (Å²) in [5.41, 5.74) is 0.578. The predicted octanol–water partition coefficient (Wildman–Crippen LogP) is 4.83. The van der Waals surface area contributed by atoms with Gasteiger partial charge in [0.2, 0.25) is 5.72 Å². The number of benzene rings is 2. The number of esters is 1. The van der Waals surface area contributed by atoms with Crippen LogP contribution < -0.4 is 15.0 Å². The van der Waals surface area contributed by atoms with Crippen molar-refractivity contribution < 1.29 is 14.3 Å². The molecule has 146 valence electrons. The van der Waals surface area contributed by atoms with Crippen molar-refractivity contribution in [2.75, 3.05) is 11.5 Å². The molecule has 3 atom stereocenters. The highest BCUT2D eigenvalue weighted by molar-refractivity contribution is 9.10. The summed E-state index contributed by atoms with van der Waals surface area (Å²) in [6, 6.07) is 12.6. The Labute approximate surface area is 182 Å². The molecule has 2 aromatic carbocycles. The van der Waals surface area contributed by atoms with E-state index >= 15 is 0 Å². The van der Waals surface area contributed by atoms with Crippen molar-refractivity contribution in [3.05, 3.63) is 57.5 Å². The van der Waals surface area contributed by atoms with Crippen LogP contribution in [0.2, 0.25) is 5.02 Å². The van der Waals surface area contributed by atoms with Crippen molar-refractivity contribution in [3.8, 4) is 5.75 Å². The molecular formula is C20H18BrClN2O3S. The molecule has 2 heterocycles. The van der Waals surface area contributed by atoms with Crippen LogP contribution in [0.25, 0.3) is 0 Å². The van der Waals surface area contributed by atoms with Gasteiger partial charge in [-0.2, -0.15) is 0 Å². The minimum absolute atomic E-state index is 0.287. The fourth-order valence-electron chi connectivity index (χ4n) is 3.93. The van der Waals surface area contributed by atoms with E-state index in [4.69, 9.17) is 33.3 Å². The van der Waals surface area contributed by atoms with Gasteiger partial charge in [-0.3, -0.25) is 9.69 Å². The number of nitrogens with zero attached hydrogens (tertiary/aromatic N) is 1. The van der Waals surface area contributed by atoms with E-state index in [1.807, 2.05) is 42.2 Å². The zero-order chi connectivity index (χ0) is 20.1. The molecule has 2 aliphatic rings. The van der Waals surface area contributed by atoms with Crippen molar-refractivity contribution in [3.63, 3.8) is 0 Å². The van der Waals surface area contributed by atoms with Gasteiger partial charge in [-0.1, -0.05) is 27.5 Å². The number of ether oxygens (including phenoxy) is 2. The zero-order valence-electron chi connectivity index (χ0n) is 15.2. The summed E-state index contributed by atoms with van der Waals surface area (Å²) in [4.78, 5) is 14.8. The van der Waals surface area contributed by atoms with Crippen LogP contribution in [0.1, 0.15) is 25.5 Å². The number of carbonyl (C=O) groups excluding carboxylic acids is 1. The molecule has 2 aromatic rings. The van der Waals surface area contributed by atoms with E-state index < -0.39 is 11.6 Å². The van der Waals surface area contributed by atoms with Crippen LogP contribution in [0, 0.1) is 5.92 Å². The van der Waals surface area contributed by atoms with Gasteiger partial charge < -0.3 is 14.8 Å². The standard InChI is InChI=1S/C20H18BrClN2O3S/c1-3-26-18(25)16-17-14-10-11(21)4-9-15(14)27-20(16,2)24(19(28)23-17)13-7-5-12(22)6-8-13/h4-10,16-17H,3H2,1-2H3,(H,23,28). The third kappa shape index (κ3) is 3.06. The smallest absolute Gasteiger partial charge is 0.317 e. The molecule has 4 rings (SSSR count). The summed E-state index contributed by atoms with van der Waals surface area (Å²) in [5, 5.41) is 4.42. The van der Waals surface area contributed by atoms with E-state index in [1.165, 1.54) is 0 Å². The molecule has 1 saturated heterocycles. The van der Waals surface area contributed by atoms with Crippen molar-refractivity contribution in [2.24, 2.45) is 5.92 Å². The Balaban J connectivity index is 1.89. The van der Waals surface area contributed by atoms with Crippen LogP contribution in [0.3, 0.4) is 0 Å². The monoisotopic (exact) mass is 480 g/mol. The van der Waals surface area contributed by atoms with Crippen LogP contribution >= 0.6 is 39.7 Å². The first-order chi connectivity index (χ1) is 13.3. The lowest BCUT2D eigenvalue weighted by Gasteiger charge is -2.55. The molecule has 0 aliphatic carbocycles. The lowest BCUT2D eigenvalue weighted by molar-refractivity contribution is -0.159. The second-order valence-corrected chi connectivity index (χ2v) is 8.55. The molecular weight excluding hydrogens is 464 g/mol. The maximum atomic E-state index is 13.0. The number of nitrogens with one attached hydrogen (secondary N) is 1. The summed E-state index contributed by atoms with van der Waals surface area (Å²) in [7, 11) is 0. The molecule has 8 heteroatoms. The highest BCUT2D eigenvalue weighted by atomic mass is 79.9. The van der Waals surface area contributed by atoms with Crippen LogP contribution in [0.4, 0.5) is 5.69 Å². The minimum atomic E-state index is -1.06. The Morgan fingerprint density at radius 2 is 2.07 bits per heavy atom. The van der Waals surface area contributed by atoms with Crippen molar-refractivity contribution in [2.45, 2.75) is 25.6 Å². The van der Waals surface area contributed by atoms with Crippen molar-refractivity contribution in [1.82, 2.24) is 5.32 Å². The number of hydrogen-bond acceptors (Lipinski definition) is 4. The number of rotatable bonds is 3. The van der Waals surface area contributed by atoms with Gasteiger partial charge >= 0.3 is 5.97 Å². The fourth-order valence-corrected chi connectivity index (χ4v) is 4.84. The summed E-state index contributed by atoms with van der Waals surface area (Å²) in [6.45, 7) is 3.95. The average Bonchev–Trinajstić information content (AvgIpc) is 2.63. The van der Waals surface area contributed by atoms with Gasteiger partial charge in [0.1, 0.15) is 11.7 Å². The largest absolute Gasteiger partial charge is 0.466 e. The number of halogens is 2. The second-order valence-electron chi connectivity index (χ2n) is 6.81. The van der Waals surface area contributed by atoms with Crippen LogP contribution in [-0.4, -0.2) is 23.4 Å². The first kappa shape index (κ1) is 19.5. The molecule has 0 radical (unpaired) electrons. The molecule has 1 N–H and O–H groups in total. The summed E-state index contributed by atoms with van der Waals surface area (Å²) in [6.07, 6.45) is 0. The zero-order valence-corrected chi connectivity index (χ0v) is 18.4. The van der Waals surface area contributed by atoms with Crippen LogP contribution in [0.15, 0.2) is 46.9 Å². The quantitative estimate of drug-likeness (QED) is 0.501. The van der Waals surface area contributed by atoms with Gasteiger partial charge in [0.25, 0.3) is 0 Å². The Hall–Kier alpha value is -1.83. The van der Waals surface area contributed by atoms with Gasteiger partial charge in [-0.15, -0.1) is 0 Å². The first-order valence-electron chi connectivity index (χ1n) is 8.86. The molecule has 2 bridgehead atoms. The molecule has 1 fully saturated rings. The molecule has 0 aromatic heterocycles. The Morgan fingerprint density at radius 3 is 2.75 bits per heavy atom.